The Morgan fingerprint density at radius 2 is 1.79 bits per heavy atom. The number of nitrogens with one attached hydrogen (secondary N) is 1. The molecule has 42 heavy (non-hydrogen) atoms. The number of tetrazole rings is 1. The summed E-state index contributed by atoms with van der Waals surface area (Å²) in [5.41, 5.74) is 9.15. The molecular formula is C29H28ClN7O4S. The Morgan fingerprint density at radius 1 is 1.05 bits per heavy atom. The van der Waals surface area contributed by atoms with Crippen LogP contribution in [0.3, 0.4) is 0 Å². The molecule has 2 amide bonds. The number of likely N-dealkylation sites (tertiary alicyclic amines) is 1. The molecule has 1 fully saturated rings. The van der Waals surface area contributed by atoms with E-state index in [0.717, 1.165) is 5.56 Å². The summed E-state index contributed by atoms with van der Waals surface area (Å²) in [5.74, 6) is -2.09. The summed E-state index contributed by atoms with van der Waals surface area (Å²) in [6, 6.07) is 17.5. The number of piperidine rings is 1. The van der Waals surface area contributed by atoms with Crippen molar-refractivity contribution in [1.29, 1.82) is 0 Å². The quantitative estimate of drug-likeness (QED) is 0.210. The van der Waals surface area contributed by atoms with Crippen molar-refractivity contribution < 1.29 is 19.5 Å². The molecule has 1 saturated heterocycles. The number of carboxylic acids is 1. The molecule has 0 spiro atoms. The number of carbonyl (C=O) groups excluding carboxylic acids is 2. The molecule has 1 aliphatic rings. The third-order valence-corrected chi connectivity index (χ3v) is 7.17. The van der Waals surface area contributed by atoms with E-state index in [1.54, 1.807) is 41.3 Å². The zero-order chi connectivity index (χ0) is 28.9. The minimum absolute atomic E-state index is 0. The third kappa shape index (κ3) is 6.78. The first-order valence-electron chi connectivity index (χ1n) is 12.8. The summed E-state index contributed by atoms with van der Waals surface area (Å²) in [6.07, 6.45) is 5.85. The molecule has 0 saturated carbocycles. The number of nitrogens with two attached hydrogens (primary N) is 1. The van der Waals surface area contributed by atoms with E-state index in [1.807, 2.05) is 12.1 Å². The highest BCUT2D eigenvalue weighted by Crippen LogP contribution is 2.34. The Morgan fingerprint density at radius 3 is 2.45 bits per heavy atom. The molecule has 4 N–H and O–H groups in total. The highest BCUT2D eigenvalue weighted by Gasteiger charge is 2.39. The van der Waals surface area contributed by atoms with Gasteiger partial charge in [-0.2, -0.15) is 18.2 Å². The highest BCUT2D eigenvalue weighted by atomic mass is 35.5. The maximum absolute atomic E-state index is 13.8. The molecule has 5 rings (SSSR count). The maximum atomic E-state index is 13.8. The van der Waals surface area contributed by atoms with Gasteiger partial charge in [0.05, 0.1) is 11.3 Å². The molecule has 13 heteroatoms. The number of hydrogen-bond acceptors (Lipinski definition) is 7. The second-order valence-corrected chi connectivity index (χ2v) is 9.99. The summed E-state index contributed by atoms with van der Waals surface area (Å²) < 4.78 is 1.46. The predicted octanol–water partition coefficient (Wildman–Crippen LogP) is 4.14. The number of aromatic carboxylic acids is 1. The van der Waals surface area contributed by atoms with Crippen molar-refractivity contribution >= 4 is 60.3 Å². The van der Waals surface area contributed by atoms with Crippen molar-refractivity contribution in [2.75, 3.05) is 17.6 Å². The lowest BCUT2D eigenvalue weighted by atomic mass is 9.82. The van der Waals surface area contributed by atoms with Gasteiger partial charge in [-0.05, 0) is 89.5 Å². The van der Waals surface area contributed by atoms with Crippen molar-refractivity contribution in [2.24, 2.45) is 0 Å². The lowest BCUT2D eigenvalue weighted by Gasteiger charge is -2.40. The van der Waals surface area contributed by atoms with Crippen LogP contribution in [0.4, 0.5) is 11.4 Å². The molecule has 1 aromatic heterocycles. The molecular weight excluding hydrogens is 578 g/mol. The normalized spacial score (nSPS) is 16.5. The first-order chi connectivity index (χ1) is 19.8. The number of amides is 2. The molecule has 2 heterocycles. The first kappa shape index (κ1) is 30.3. The molecule has 11 nitrogen and oxygen atoms in total. The number of anilines is 2. The van der Waals surface area contributed by atoms with Crippen LogP contribution in [0, 0.1) is 0 Å². The van der Waals surface area contributed by atoms with Gasteiger partial charge in [0.15, 0.2) is 0 Å². The number of benzene rings is 3. The standard InChI is InChI=1S/C29H26ClN7O4.H2S/c30-21-8-13-25(37-17-32-34-35-37)20(16-21)7-14-26(38)36-15-1-2-24(18-3-9-22(31)10-4-18)27(36)28(39)33-23-11-5-19(6-12-23)29(40)41;/h3-14,16-17,24,27H,1-2,15,31H2,(H,33,39)(H,40,41);1H2/b14-7+;. The van der Waals surface area contributed by atoms with E-state index in [-0.39, 0.29) is 36.8 Å². The second-order valence-electron chi connectivity index (χ2n) is 9.55. The Hall–Kier alpha value is -4.68. The van der Waals surface area contributed by atoms with E-state index in [9.17, 15) is 19.5 Å². The number of nitrogen functional groups attached to an aromatic ring is 1. The van der Waals surface area contributed by atoms with Crippen molar-refractivity contribution in [2.45, 2.75) is 24.8 Å². The lowest BCUT2D eigenvalue weighted by Crippen LogP contribution is -2.53. The Balaban J connectivity index is 0.00000405. The van der Waals surface area contributed by atoms with Crippen LogP contribution in [-0.2, 0) is 9.59 Å². The number of hydrogen-bond donors (Lipinski definition) is 3. The van der Waals surface area contributed by atoms with Gasteiger partial charge in [0.2, 0.25) is 11.8 Å². The zero-order valence-corrected chi connectivity index (χ0v) is 24.0. The van der Waals surface area contributed by atoms with E-state index in [4.69, 9.17) is 17.3 Å². The summed E-state index contributed by atoms with van der Waals surface area (Å²) in [6.45, 7) is 0.375. The third-order valence-electron chi connectivity index (χ3n) is 6.94. The Labute approximate surface area is 253 Å². The SMILES string of the molecule is Nc1ccc(C2CCCN(C(=O)/C=C/c3cc(Cl)ccc3-n3cnnn3)C2C(=O)Nc2ccc(C(=O)O)cc2)cc1.S. The maximum Gasteiger partial charge on any atom is 0.335 e. The van der Waals surface area contributed by atoms with Crippen LogP contribution in [0.2, 0.25) is 5.02 Å². The van der Waals surface area contributed by atoms with Crippen molar-refractivity contribution in [1.82, 2.24) is 25.1 Å². The van der Waals surface area contributed by atoms with E-state index in [1.165, 1.54) is 41.4 Å². The lowest BCUT2D eigenvalue weighted by molar-refractivity contribution is -0.137. The van der Waals surface area contributed by atoms with Crippen molar-refractivity contribution in [3.63, 3.8) is 0 Å². The number of halogens is 1. The van der Waals surface area contributed by atoms with Gasteiger partial charge in [-0.25, -0.2) is 4.79 Å². The van der Waals surface area contributed by atoms with Gasteiger partial charge >= 0.3 is 5.97 Å². The van der Waals surface area contributed by atoms with Gasteiger partial charge in [-0.1, -0.05) is 23.7 Å². The van der Waals surface area contributed by atoms with Crippen molar-refractivity contribution in [3.05, 3.63) is 101 Å². The van der Waals surface area contributed by atoms with E-state index in [0.29, 0.717) is 47.0 Å². The molecule has 1 aliphatic heterocycles. The fourth-order valence-corrected chi connectivity index (χ4v) is 5.15. The van der Waals surface area contributed by atoms with Gasteiger partial charge in [-0.3, -0.25) is 9.59 Å². The van der Waals surface area contributed by atoms with Gasteiger partial charge in [-0.15, -0.1) is 5.10 Å². The molecule has 2 atom stereocenters. The summed E-state index contributed by atoms with van der Waals surface area (Å²) in [7, 11) is 0. The second kappa shape index (κ2) is 13.3. The monoisotopic (exact) mass is 605 g/mol. The summed E-state index contributed by atoms with van der Waals surface area (Å²) >= 11 is 6.22. The van der Waals surface area contributed by atoms with Gasteiger partial charge in [0.25, 0.3) is 0 Å². The average Bonchev–Trinajstić information content (AvgIpc) is 3.51. The molecule has 0 radical (unpaired) electrons. The van der Waals surface area contributed by atoms with Gasteiger partial charge in [0.1, 0.15) is 12.4 Å². The molecule has 3 aromatic carbocycles. The van der Waals surface area contributed by atoms with E-state index in [2.05, 4.69) is 20.8 Å². The van der Waals surface area contributed by atoms with E-state index < -0.39 is 12.0 Å². The number of rotatable bonds is 7. The topological polar surface area (TPSA) is 156 Å². The van der Waals surface area contributed by atoms with Crippen LogP contribution in [0.15, 0.2) is 79.1 Å². The minimum atomic E-state index is -1.06. The summed E-state index contributed by atoms with van der Waals surface area (Å²) in [5, 5.41) is 23.8. The fraction of sp³-hybridized carbons (Fsp3) is 0.172. The fourth-order valence-electron chi connectivity index (χ4n) is 4.97. The number of carboxylic acid groups (broad SMARTS) is 1. The van der Waals surface area contributed by atoms with Crippen LogP contribution >= 0.6 is 25.1 Å². The van der Waals surface area contributed by atoms with Gasteiger partial charge < -0.3 is 21.1 Å². The van der Waals surface area contributed by atoms with Gasteiger partial charge in [0, 0.05) is 40.5 Å². The van der Waals surface area contributed by atoms with E-state index >= 15 is 0 Å². The smallest absolute Gasteiger partial charge is 0.335 e. The molecule has 4 aromatic rings. The minimum Gasteiger partial charge on any atom is -0.478 e. The largest absolute Gasteiger partial charge is 0.478 e. The zero-order valence-electron chi connectivity index (χ0n) is 22.2. The first-order valence-corrected chi connectivity index (χ1v) is 13.2. The number of nitrogens with zero attached hydrogens (tertiary/aromatic N) is 5. The highest BCUT2D eigenvalue weighted by molar-refractivity contribution is 7.59. The Bertz CT molecular complexity index is 1600. The van der Waals surface area contributed by atoms with Crippen LogP contribution < -0.4 is 11.1 Å². The predicted molar refractivity (Wildman–Crippen MR) is 164 cm³/mol. The number of aromatic nitrogens is 4. The molecule has 216 valence electrons. The Kier molecular flexibility index (Phi) is 9.60. The van der Waals surface area contributed by atoms with Crippen LogP contribution in [0.1, 0.15) is 40.2 Å². The number of carbonyl (C=O) groups is 3. The molecule has 0 aliphatic carbocycles. The molecule has 2 unspecified atom stereocenters. The van der Waals surface area contributed by atoms with Crippen LogP contribution in [-0.4, -0.2) is 60.6 Å². The van der Waals surface area contributed by atoms with Crippen LogP contribution in [0.5, 0.6) is 0 Å². The molecule has 0 bridgehead atoms. The summed E-state index contributed by atoms with van der Waals surface area (Å²) in [4.78, 5) is 40.2. The van der Waals surface area contributed by atoms with Crippen LogP contribution in [0.25, 0.3) is 11.8 Å². The average molecular weight is 606 g/mol. The van der Waals surface area contributed by atoms with Crippen molar-refractivity contribution in [3.8, 4) is 5.69 Å².